The molecule has 29 heavy (non-hydrogen) atoms. The zero-order valence-corrected chi connectivity index (χ0v) is 19.8. The van der Waals surface area contributed by atoms with Crippen LogP contribution >= 0.6 is 11.6 Å². The van der Waals surface area contributed by atoms with E-state index in [9.17, 15) is 0 Å². The Bertz CT molecular complexity index is 547. The highest BCUT2D eigenvalue weighted by atomic mass is 35.5. The summed E-state index contributed by atoms with van der Waals surface area (Å²) >= 11 is 6.52. The van der Waals surface area contributed by atoms with Gasteiger partial charge in [0, 0.05) is 20.1 Å². The lowest BCUT2D eigenvalue weighted by Gasteiger charge is -2.52. The summed E-state index contributed by atoms with van der Waals surface area (Å²) in [5.74, 6) is 1.41. The Kier molecular flexibility index (Phi) is 10.7. The minimum absolute atomic E-state index is 0.0151. The monoisotopic (exact) mass is 428 g/mol. The fourth-order valence-electron chi connectivity index (χ4n) is 5.16. The summed E-state index contributed by atoms with van der Waals surface area (Å²) in [7, 11) is 3.35. The molecule has 4 nitrogen and oxygen atoms in total. The van der Waals surface area contributed by atoms with E-state index >= 15 is 0 Å². The van der Waals surface area contributed by atoms with Crippen molar-refractivity contribution < 1.29 is 18.9 Å². The standard InChI is InChI=1S/C24H41ClO4/c1-18-8-6-9-19(2)11-12-21-20(15-25)14-24(3,13-7-10-18)23(29-17-27-5)22(21)28-16-26-4/h9-10,20-23H,6-8,11-17H2,1-5H3/b18-10-,19-9-/t20-,21-,22-,23-,24-/m0/s1. The van der Waals surface area contributed by atoms with Crippen LogP contribution in [0.4, 0.5) is 0 Å². The quantitative estimate of drug-likeness (QED) is 0.279. The van der Waals surface area contributed by atoms with Gasteiger partial charge in [0.1, 0.15) is 13.6 Å². The van der Waals surface area contributed by atoms with Crippen LogP contribution in [0.15, 0.2) is 23.3 Å². The summed E-state index contributed by atoms with van der Waals surface area (Å²) in [6.45, 7) is 7.38. The van der Waals surface area contributed by atoms with Crippen LogP contribution in [0.25, 0.3) is 0 Å². The van der Waals surface area contributed by atoms with Gasteiger partial charge in [-0.25, -0.2) is 0 Å². The molecule has 0 spiro atoms. The molecule has 2 bridgehead atoms. The molecular weight excluding hydrogens is 388 g/mol. The van der Waals surface area contributed by atoms with E-state index in [1.165, 1.54) is 11.1 Å². The van der Waals surface area contributed by atoms with Crippen LogP contribution in [0, 0.1) is 17.3 Å². The van der Waals surface area contributed by atoms with Crippen molar-refractivity contribution in [3.8, 4) is 0 Å². The topological polar surface area (TPSA) is 36.9 Å². The number of hydrogen-bond acceptors (Lipinski definition) is 4. The molecule has 3 rings (SSSR count). The molecule has 0 aromatic heterocycles. The highest BCUT2D eigenvalue weighted by Gasteiger charge is 2.51. The Labute approximate surface area is 182 Å². The lowest BCUT2D eigenvalue weighted by molar-refractivity contribution is -0.231. The van der Waals surface area contributed by atoms with E-state index in [0.29, 0.717) is 17.7 Å². The lowest BCUT2D eigenvalue weighted by Crippen LogP contribution is -2.56. The summed E-state index contributed by atoms with van der Waals surface area (Å²) in [4.78, 5) is 0. The maximum atomic E-state index is 6.52. The van der Waals surface area contributed by atoms with Crippen molar-refractivity contribution in [1.29, 1.82) is 0 Å². The number of methoxy groups -OCH3 is 2. The highest BCUT2D eigenvalue weighted by Crippen LogP contribution is 2.50. The Morgan fingerprint density at radius 1 is 1.00 bits per heavy atom. The molecule has 5 atom stereocenters. The first-order valence-electron chi connectivity index (χ1n) is 11.0. The van der Waals surface area contributed by atoms with Gasteiger partial charge in [0.15, 0.2) is 0 Å². The Morgan fingerprint density at radius 2 is 1.66 bits per heavy atom. The van der Waals surface area contributed by atoms with Crippen molar-refractivity contribution in [1.82, 2.24) is 0 Å². The highest BCUT2D eigenvalue weighted by molar-refractivity contribution is 6.18. The van der Waals surface area contributed by atoms with Crippen LogP contribution in [0.2, 0.25) is 0 Å². The van der Waals surface area contributed by atoms with Gasteiger partial charge >= 0.3 is 0 Å². The van der Waals surface area contributed by atoms with Crippen molar-refractivity contribution in [3.63, 3.8) is 0 Å². The minimum Gasteiger partial charge on any atom is -0.359 e. The van der Waals surface area contributed by atoms with Crippen molar-refractivity contribution in [2.75, 3.05) is 33.7 Å². The first-order valence-corrected chi connectivity index (χ1v) is 11.6. The second-order valence-electron chi connectivity index (χ2n) is 9.18. The number of allylic oxidation sites excluding steroid dienone is 4. The van der Waals surface area contributed by atoms with E-state index in [4.69, 9.17) is 30.5 Å². The number of halogens is 1. The molecule has 3 aliphatic rings. The summed E-state index contributed by atoms with van der Waals surface area (Å²) in [6, 6.07) is 0. The molecule has 0 amide bonds. The predicted octanol–water partition coefficient (Wildman–Crippen LogP) is 6.09. The van der Waals surface area contributed by atoms with Crippen LogP contribution in [-0.2, 0) is 18.9 Å². The van der Waals surface area contributed by atoms with Crippen LogP contribution in [-0.4, -0.2) is 45.9 Å². The average Bonchev–Trinajstić information content (AvgIpc) is 2.69. The molecule has 0 aliphatic heterocycles. The summed E-state index contributed by atoms with van der Waals surface area (Å²) in [6.07, 6.45) is 12.3. The number of rotatable bonds is 7. The molecule has 5 heteroatoms. The Morgan fingerprint density at radius 3 is 2.34 bits per heavy atom. The molecule has 168 valence electrons. The molecule has 0 unspecified atom stereocenters. The van der Waals surface area contributed by atoms with E-state index in [2.05, 4.69) is 32.9 Å². The summed E-state index contributed by atoms with van der Waals surface area (Å²) < 4.78 is 23.2. The Balaban J connectivity index is 2.40. The predicted molar refractivity (Wildman–Crippen MR) is 119 cm³/mol. The summed E-state index contributed by atoms with van der Waals surface area (Å²) in [5, 5.41) is 0. The van der Waals surface area contributed by atoms with Crippen LogP contribution in [0.3, 0.4) is 0 Å². The van der Waals surface area contributed by atoms with Gasteiger partial charge in [-0.15, -0.1) is 11.6 Å². The largest absolute Gasteiger partial charge is 0.359 e. The van der Waals surface area contributed by atoms with Gasteiger partial charge in [0.2, 0.25) is 0 Å². The molecule has 0 heterocycles. The average molecular weight is 429 g/mol. The van der Waals surface area contributed by atoms with Gasteiger partial charge in [-0.1, -0.05) is 30.2 Å². The molecule has 0 aromatic rings. The zero-order valence-electron chi connectivity index (χ0n) is 19.0. The first kappa shape index (κ1) is 24.9. The Hall–Kier alpha value is -0.390. The first-order chi connectivity index (χ1) is 13.9. The third kappa shape index (κ3) is 7.07. The van der Waals surface area contributed by atoms with Gasteiger partial charge in [-0.3, -0.25) is 0 Å². The smallest absolute Gasteiger partial charge is 0.146 e. The molecule has 1 saturated carbocycles. The van der Waals surface area contributed by atoms with Crippen LogP contribution in [0.1, 0.15) is 65.7 Å². The van der Waals surface area contributed by atoms with Gasteiger partial charge in [0.25, 0.3) is 0 Å². The number of alkyl halides is 1. The van der Waals surface area contributed by atoms with Gasteiger partial charge in [-0.2, -0.15) is 0 Å². The number of hydrogen-bond donors (Lipinski definition) is 0. The second kappa shape index (κ2) is 12.5. The third-order valence-corrected chi connectivity index (χ3v) is 7.19. The van der Waals surface area contributed by atoms with E-state index < -0.39 is 0 Å². The fourth-order valence-corrected chi connectivity index (χ4v) is 5.50. The second-order valence-corrected chi connectivity index (χ2v) is 9.49. The van der Waals surface area contributed by atoms with Crippen molar-refractivity contribution in [2.45, 2.75) is 77.9 Å². The minimum atomic E-state index is -0.0478. The molecule has 0 aromatic carbocycles. The number of fused-ring (bicyclic) bond motifs is 9. The SMILES string of the molecule is COCO[C@H]1[C@H]2CC/C(C)=C\CC/C(C)=C\CC[C@@](C)(C[C@H]2CCl)[C@H]1OCOC. The van der Waals surface area contributed by atoms with Crippen molar-refractivity contribution in [3.05, 3.63) is 23.3 Å². The van der Waals surface area contributed by atoms with E-state index in [-0.39, 0.29) is 31.2 Å². The van der Waals surface area contributed by atoms with Crippen LogP contribution in [0.5, 0.6) is 0 Å². The van der Waals surface area contributed by atoms with Crippen LogP contribution < -0.4 is 0 Å². The molecule has 0 saturated heterocycles. The third-order valence-electron chi connectivity index (χ3n) is 6.79. The molecule has 0 radical (unpaired) electrons. The molecule has 0 N–H and O–H groups in total. The van der Waals surface area contributed by atoms with Crippen molar-refractivity contribution >= 4 is 11.6 Å². The zero-order chi connectivity index (χ0) is 21.3. The van der Waals surface area contributed by atoms with Gasteiger partial charge in [-0.05, 0) is 76.0 Å². The number of ether oxygens (including phenoxy) is 4. The lowest BCUT2D eigenvalue weighted by atomic mass is 9.60. The van der Waals surface area contributed by atoms with E-state index in [1.54, 1.807) is 14.2 Å². The van der Waals surface area contributed by atoms with Gasteiger partial charge < -0.3 is 18.9 Å². The fraction of sp³-hybridized carbons (Fsp3) is 0.833. The molecule has 3 aliphatic carbocycles. The molecular formula is C24H41ClO4. The normalized spacial score (nSPS) is 38.0. The van der Waals surface area contributed by atoms with Gasteiger partial charge in [0.05, 0.1) is 12.2 Å². The molecule has 1 fully saturated rings. The summed E-state index contributed by atoms with van der Waals surface area (Å²) in [5.41, 5.74) is 2.91. The maximum absolute atomic E-state index is 6.52. The van der Waals surface area contributed by atoms with E-state index in [1.807, 2.05) is 0 Å². The maximum Gasteiger partial charge on any atom is 0.146 e. The van der Waals surface area contributed by atoms with E-state index in [0.717, 1.165) is 44.9 Å². The van der Waals surface area contributed by atoms with Crippen molar-refractivity contribution in [2.24, 2.45) is 17.3 Å².